The van der Waals surface area contributed by atoms with Crippen molar-refractivity contribution in [3.8, 4) is 5.75 Å². The molecular formula is C41H52O13. The third kappa shape index (κ3) is 4.98. The maximum Gasteiger partial charge on any atom is 0.341 e. The lowest BCUT2D eigenvalue weighted by molar-refractivity contribution is -0.339. The van der Waals surface area contributed by atoms with Crippen molar-refractivity contribution in [1.82, 2.24) is 0 Å². The number of methoxy groups -OCH3 is 2. The molecular weight excluding hydrogens is 700 g/mol. The normalized spacial score (nSPS) is 43.5. The van der Waals surface area contributed by atoms with E-state index in [-0.39, 0.29) is 24.9 Å². The molecule has 5 fully saturated rings. The number of allylic oxidation sites excluding steroid dienone is 1. The van der Waals surface area contributed by atoms with E-state index in [0.29, 0.717) is 43.4 Å². The summed E-state index contributed by atoms with van der Waals surface area (Å²) in [7, 11) is 2.78. The number of carbonyl (C=O) groups excluding carboxylic acids is 5. The molecule has 294 valence electrons. The number of cyclic esters (lactones) is 1. The number of esters is 5. The zero-order chi connectivity index (χ0) is 39.2. The summed E-state index contributed by atoms with van der Waals surface area (Å²) in [5.41, 5.74) is -6.98. The molecule has 1 N–H and O–H groups in total. The number of hydrogen-bond donors (Lipinski definition) is 1. The monoisotopic (exact) mass is 752 g/mol. The molecule has 0 radical (unpaired) electrons. The van der Waals surface area contributed by atoms with E-state index in [9.17, 15) is 29.1 Å². The number of epoxide rings is 1. The van der Waals surface area contributed by atoms with Crippen molar-refractivity contribution >= 4 is 29.8 Å². The van der Waals surface area contributed by atoms with Crippen LogP contribution >= 0.6 is 0 Å². The van der Waals surface area contributed by atoms with E-state index in [0.717, 1.165) is 0 Å². The Morgan fingerprint density at radius 3 is 2.28 bits per heavy atom. The maximum atomic E-state index is 13.7. The standard InChI is InChI=1S/C41H52O13/c1-22(51-34(45)25-10-9-11-26(20-25)48-7)39-18-15-27-36(4,28(39)12-13-31(44)50-21-39)17-14-29-37(27,5)32(52-23(2)42)33(53-24(3)43)38(6)40(29,47)19-16-30-41(38,54-30)35(46)49-8/h9-13,20,22,27-30,32-33,47H,14-19,21H2,1-8H3/t22?,27?,28-,29?,30+,32+,33-,36+,37+,38+,39-,40+,41-/m0/s1. The van der Waals surface area contributed by atoms with Crippen molar-refractivity contribution in [2.45, 2.75) is 116 Å². The van der Waals surface area contributed by atoms with E-state index in [4.69, 9.17) is 33.2 Å². The molecule has 7 rings (SSSR count). The largest absolute Gasteiger partial charge is 0.497 e. The van der Waals surface area contributed by atoms with Crippen molar-refractivity contribution in [2.24, 2.45) is 39.4 Å². The van der Waals surface area contributed by atoms with E-state index >= 15 is 0 Å². The van der Waals surface area contributed by atoms with Gasteiger partial charge in [-0.15, -0.1) is 0 Å². The van der Waals surface area contributed by atoms with Gasteiger partial charge in [-0.05, 0) is 93.7 Å². The summed E-state index contributed by atoms with van der Waals surface area (Å²) < 4.78 is 41.4. The molecule has 6 aliphatic rings. The molecule has 4 saturated carbocycles. The Balaban J connectivity index is 1.35. The van der Waals surface area contributed by atoms with Gasteiger partial charge in [0.25, 0.3) is 0 Å². The van der Waals surface area contributed by atoms with Crippen LogP contribution in [0.15, 0.2) is 36.4 Å². The highest BCUT2D eigenvalue weighted by Gasteiger charge is 2.89. The summed E-state index contributed by atoms with van der Waals surface area (Å²) in [6.07, 6.45) is 2.23. The lowest BCUT2D eigenvalue weighted by Gasteiger charge is -2.73. The number of rotatable bonds is 7. The Morgan fingerprint density at radius 2 is 1.61 bits per heavy atom. The molecule has 1 saturated heterocycles. The second-order valence-electron chi connectivity index (χ2n) is 17.1. The average Bonchev–Trinajstić information content (AvgIpc) is 3.91. The van der Waals surface area contributed by atoms with E-state index in [2.05, 4.69) is 6.92 Å². The van der Waals surface area contributed by atoms with Gasteiger partial charge >= 0.3 is 29.8 Å². The minimum Gasteiger partial charge on any atom is -0.497 e. The number of benzene rings is 1. The molecule has 2 heterocycles. The molecule has 13 heteroatoms. The predicted molar refractivity (Wildman–Crippen MR) is 189 cm³/mol. The first-order valence-corrected chi connectivity index (χ1v) is 18.9. The lowest BCUT2D eigenvalue weighted by Crippen LogP contribution is -2.82. The molecule has 4 aliphatic carbocycles. The lowest BCUT2D eigenvalue weighted by atomic mass is 9.32. The summed E-state index contributed by atoms with van der Waals surface area (Å²) in [4.78, 5) is 66.5. The van der Waals surface area contributed by atoms with Gasteiger partial charge in [-0.2, -0.15) is 0 Å². The first-order chi connectivity index (χ1) is 25.4. The highest BCUT2D eigenvalue weighted by atomic mass is 16.7. The maximum absolute atomic E-state index is 13.7. The van der Waals surface area contributed by atoms with Crippen molar-refractivity contribution in [3.63, 3.8) is 0 Å². The van der Waals surface area contributed by atoms with E-state index in [1.54, 1.807) is 31.2 Å². The minimum atomic E-state index is -1.62. The molecule has 54 heavy (non-hydrogen) atoms. The summed E-state index contributed by atoms with van der Waals surface area (Å²) in [5, 5.41) is 13.4. The number of fused-ring (bicyclic) bond motifs is 9. The molecule has 3 unspecified atom stereocenters. The van der Waals surface area contributed by atoms with Gasteiger partial charge in [0.15, 0.2) is 6.10 Å². The van der Waals surface area contributed by atoms with Gasteiger partial charge in [-0.1, -0.05) is 26.0 Å². The molecule has 2 aliphatic heterocycles. The zero-order valence-corrected chi connectivity index (χ0v) is 32.3. The van der Waals surface area contributed by atoms with Gasteiger partial charge in [0.05, 0.1) is 36.9 Å². The fourth-order valence-electron chi connectivity index (χ4n) is 12.7. The Kier molecular flexibility index (Phi) is 9.08. The average molecular weight is 753 g/mol. The van der Waals surface area contributed by atoms with E-state index in [1.165, 1.54) is 34.1 Å². The van der Waals surface area contributed by atoms with Crippen LogP contribution in [0.1, 0.15) is 90.4 Å². The smallest absolute Gasteiger partial charge is 0.341 e. The summed E-state index contributed by atoms with van der Waals surface area (Å²) in [5.74, 6) is -3.68. The molecule has 13 nitrogen and oxygen atoms in total. The Labute approximate surface area is 315 Å². The fourth-order valence-corrected chi connectivity index (χ4v) is 12.7. The number of hydrogen-bond acceptors (Lipinski definition) is 13. The Hall–Kier alpha value is -3.97. The first kappa shape index (κ1) is 38.3. The highest BCUT2D eigenvalue weighted by molar-refractivity contribution is 5.90. The topological polar surface area (TPSA) is 173 Å². The van der Waals surface area contributed by atoms with Crippen LogP contribution in [0.5, 0.6) is 5.75 Å². The molecule has 0 bridgehead atoms. The van der Waals surface area contributed by atoms with E-state index in [1.807, 2.05) is 19.9 Å². The predicted octanol–water partition coefficient (Wildman–Crippen LogP) is 4.51. The molecule has 1 aromatic carbocycles. The van der Waals surface area contributed by atoms with Crippen molar-refractivity contribution in [1.29, 1.82) is 0 Å². The van der Waals surface area contributed by atoms with Gasteiger partial charge in [-0.3, -0.25) is 9.59 Å². The summed E-state index contributed by atoms with van der Waals surface area (Å²) >= 11 is 0. The molecule has 1 aromatic rings. The third-order valence-electron chi connectivity index (χ3n) is 15.1. The van der Waals surface area contributed by atoms with Crippen molar-refractivity contribution in [2.75, 3.05) is 20.8 Å². The third-order valence-corrected chi connectivity index (χ3v) is 15.1. The molecule has 0 amide bonds. The second kappa shape index (κ2) is 12.8. The van der Waals surface area contributed by atoms with Crippen LogP contribution in [0.4, 0.5) is 0 Å². The van der Waals surface area contributed by atoms with Gasteiger partial charge in [0, 0.05) is 30.8 Å². The number of aliphatic hydroxyl groups is 1. The Bertz CT molecular complexity index is 1790. The number of carbonyl (C=O) groups is 5. The molecule has 13 atom stereocenters. The van der Waals surface area contributed by atoms with Crippen molar-refractivity contribution < 1.29 is 62.2 Å². The van der Waals surface area contributed by atoms with Crippen LogP contribution in [-0.2, 0) is 47.6 Å². The SMILES string of the molecule is COC(=O)[C@@]12O[C@@H]1CC[C@@]1(O)C3CC[C@]4(C)C(CC[C@@]5(C(C)OC(=O)c6cccc(OC)c6)COC(=O)C=C[C@H]54)[C@@]3(C)[C@H](OC(C)=O)[C@H](OC(C)=O)[C@]12C. The van der Waals surface area contributed by atoms with Gasteiger partial charge in [0.1, 0.15) is 24.6 Å². The van der Waals surface area contributed by atoms with Gasteiger partial charge < -0.3 is 38.3 Å². The van der Waals surface area contributed by atoms with Crippen LogP contribution in [0.25, 0.3) is 0 Å². The van der Waals surface area contributed by atoms with Gasteiger partial charge in [0.2, 0.25) is 5.60 Å². The van der Waals surface area contributed by atoms with Gasteiger partial charge in [-0.25, -0.2) is 14.4 Å². The van der Waals surface area contributed by atoms with Crippen LogP contribution in [0.2, 0.25) is 0 Å². The van der Waals surface area contributed by atoms with E-state index < -0.39 is 93.0 Å². The second-order valence-corrected chi connectivity index (χ2v) is 17.1. The molecule has 0 aromatic heterocycles. The van der Waals surface area contributed by atoms with Crippen molar-refractivity contribution in [3.05, 3.63) is 42.0 Å². The quantitative estimate of drug-likeness (QED) is 0.235. The zero-order valence-electron chi connectivity index (χ0n) is 32.3. The summed E-state index contributed by atoms with van der Waals surface area (Å²) in [6.45, 7) is 10.3. The Morgan fingerprint density at radius 1 is 0.926 bits per heavy atom. The van der Waals surface area contributed by atoms with Crippen LogP contribution < -0.4 is 4.74 Å². The van der Waals surface area contributed by atoms with Crippen LogP contribution in [-0.4, -0.2) is 91.4 Å². The number of ether oxygens (including phenoxy) is 7. The van der Waals surface area contributed by atoms with Crippen LogP contribution in [0, 0.1) is 39.4 Å². The molecule has 0 spiro atoms. The first-order valence-electron chi connectivity index (χ1n) is 18.9. The highest BCUT2D eigenvalue weighted by Crippen LogP contribution is 2.78. The summed E-state index contributed by atoms with van der Waals surface area (Å²) in [6, 6.07) is 6.71. The fraction of sp³-hybridized carbons (Fsp3) is 0.683. The minimum absolute atomic E-state index is 0.00431. The van der Waals surface area contributed by atoms with Crippen LogP contribution in [0.3, 0.4) is 0 Å².